The van der Waals surface area contributed by atoms with Crippen molar-refractivity contribution in [1.29, 1.82) is 0 Å². The first-order valence-corrected chi connectivity index (χ1v) is 9.70. The molecule has 1 amide bonds. The smallest absolute Gasteiger partial charge is 0.278 e. The fourth-order valence-electron chi connectivity index (χ4n) is 4.36. The lowest BCUT2D eigenvalue weighted by molar-refractivity contribution is 0.0264. The quantitative estimate of drug-likeness (QED) is 0.668. The lowest BCUT2D eigenvalue weighted by Crippen LogP contribution is -2.63. The molecular weight excluding hydrogens is 396 g/mol. The molecule has 1 saturated carbocycles. The Kier molecular flexibility index (Phi) is 4.09. The first-order valence-electron chi connectivity index (χ1n) is 9.70. The number of ether oxygens (including phenoxy) is 1. The van der Waals surface area contributed by atoms with E-state index in [9.17, 15) is 23.5 Å². The number of aromatic hydroxyl groups is 1. The third-order valence-electron chi connectivity index (χ3n) is 6.10. The maximum atomic E-state index is 14.5. The van der Waals surface area contributed by atoms with Crippen molar-refractivity contribution >= 4 is 5.91 Å². The van der Waals surface area contributed by atoms with Crippen molar-refractivity contribution in [2.75, 3.05) is 18.3 Å². The van der Waals surface area contributed by atoms with Crippen LogP contribution in [0, 0.1) is 11.6 Å². The molecule has 1 fully saturated rings. The van der Waals surface area contributed by atoms with Crippen LogP contribution in [0.2, 0.25) is 0 Å². The lowest BCUT2D eigenvalue weighted by atomic mass is 9.74. The van der Waals surface area contributed by atoms with E-state index >= 15 is 0 Å². The average Bonchev–Trinajstić information content (AvgIpc) is 2.72. The van der Waals surface area contributed by atoms with Crippen LogP contribution in [0.5, 0.6) is 11.5 Å². The molecule has 0 atom stereocenters. The van der Waals surface area contributed by atoms with Crippen LogP contribution in [-0.4, -0.2) is 39.4 Å². The topological polar surface area (TPSA) is 75.0 Å². The van der Waals surface area contributed by atoms with Crippen molar-refractivity contribution in [3.63, 3.8) is 0 Å². The Morgan fingerprint density at radius 1 is 1.13 bits per heavy atom. The molecule has 1 aromatic carbocycles. The van der Waals surface area contributed by atoms with E-state index in [-0.39, 0.29) is 31.3 Å². The molecule has 156 valence electrons. The van der Waals surface area contributed by atoms with E-state index in [1.807, 2.05) is 6.08 Å². The summed E-state index contributed by atoms with van der Waals surface area (Å²) in [6, 6.07) is 3.61. The minimum Gasteiger partial charge on any atom is -0.502 e. The summed E-state index contributed by atoms with van der Waals surface area (Å²) in [5.74, 6) is -3.37. The Labute approximate surface area is 170 Å². The van der Waals surface area contributed by atoms with E-state index < -0.39 is 34.3 Å². The van der Waals surface area contributed by atoms with Crippen LogP contribution in [0.3, 0.4) is 0 Å². The highest BCUT2D eigenvalue weighted by atomic mass is 19.2. The van der Waals surface area contributed by atoms with Crippen LogP contribution in [0.15, 0.2) is 41.3 Å². The van der Waals surface area contributed by atoms with Crippen molar-refractivity contribution in [2.45, 2.75) is 31.3 Å². The number of pyridine rings is 1. The number of benzene rings is 1. The third kappa shape index (κ3) is 2.61. The van der Waals surface area contributed by atoms with Gasteiger partial charge in [0, 0.05) is 17.8 Å². The molecule has 5 rings (SSSR count). The molecule has 3 heterocycles. The average molecular weight is 415 g/mol. The van der Waals surface area contributed by atoms with Crippen LogP contribution < -0.4 is 15.2 Å². The van der Waals surface area contributed by atoms with Gasteiger partial charge < -0.3 is 14.7 Å². The number of aromatic nitrogens is 1. The van der Waals surface area contributed by atoms with E-state index in [4.69, 9.17) is 4.74 Å². The molecule has 2 bridgehead atoms. The second-order valence-corrected chi connectivity index (χ2v) is 7.78. The highest BCUT2D eigenvalue weighted by Gasteiger charge is 2.47. The van der Waals surface area contributed by atoms with E-state index in [1.165, 1.54) is 16.9 Å². The molecule has 30 heavy (non-hydrogen) atoms. The fourth-order valence-corrected chi connectivity index (χ4v) is 4.36. The number of amides is 1. The predicted octanol–water partition coefficient (Wildman–Crippen LogP) is 2.25. The van der Waals surface area contributed by atoms with Crippen molar-refractivity contribution in [2.24, 2.45) is 0 Å². The zero-order chi connectivity index (χ0) is 21.0. The van der Waals surface area contributed by atoms with E-state index in [2.05, 4.69) is 0 Å². The Balaban J connectivity index is 1.71. The SMILES string of the molecule is O=C1c2c(O)c(=O)ccn2N2Cc3ccc(F)c(F)c3OC/C=C/C3(CCC3)N1C2. The minimum atomic E-state index is -1.08. The summed E-state index contributed by atoms with van der Waals surface area (Å²) < 4.78 is 35.2. The van der Waals surface area contributed by atoms with Crippen LogP contribution in [0.4, 0.5) is 8.78 Å². The van der Waals surface area contributed by atoms with Gasteiger partial charge in [-0.05, 0) is 31.4 Å². The monoisotopic (exact) mass is 415 g/mol. The van der Waals surface area contributed by atoms with Crippen molar-refractivity contribution in [3.8, 4) is 11.5 Å². The molecule has 1 spiro atoms. The molecule has 0 unspecified atom stereocenters. The van der Waals surface area contributed by atoms with Gasteiger partial charge in [0.05, 0.1) is 12.1 Å². The Hall–Kier alpha value is -3.36. The number of hydrogen-bond acceptors (Lipinski definition) is 5. The minimum absolute atomic E-state index is 0.0210. The van der Waals surface area contributed by atoms with Crippen LogP contribution in [0.1, 0.15) is 35.3 Å². The largest absolute Gasteiger partial charge is 0.502 e. The Morgan fingerprint density at radius 3 is 2.67 bits per heavy atom. The number of rotatable bonds is 0. The Morgan fingerprint density at radius 2 is 1.93 bits per heavy atom. The van der Waals surface area contributed by atoms with Gasteiger partial charge in [-0.1, -0.05) is 12.1 Å². The standard InChI is InChI=1S/C21H19F2N3O4/c22-14-4-3-13-11-24-12-25(20(29)17-18(28)15(27)5-9-26(17)24)21(6-1-7-21)8-2-10-30-19(13)16(14)23/h2-5,8-9,28H,1,6-7,10-12H2/b8-2+. The van der Waals surface area contributed by atoms with Gasteiger partial charge in [-0.2, -0.15) is 4.39 Å². The zero-order valence-electron chi connectivity index (χ0n) is 16.0. The van der Waals surface area contributed by atoms with Gasteiger partial charge in [-0.15, -0.1) is 0 Å². The number of fused-ring (bicyclic) bond motifs is 6. The van der Waals surface area contributed by atoms with E-state index in [1.54, 1.807) is 16.0 Å². The number of halogens is 2. The molecule has 3 aliphatic rings. The van der Waals surface area contributed by atoms with Gasteiger partial charge in [-0.3, -0.25) is 19.3 Å². The summed E-state index contributed by atoms with van der Waals surface area (Å²) in [5.41, 5.74) is -0.999. The molecule has 9 heteroatoms. The molecule has 0 saturated heterocycles. The fraction of sp³-hybridized carbons (Fsp3) is 0.333. The van der Waals surface area contributed by atoms with Gasteiger partial charge >= 0.3 is 0 Å². The highest BCUT2D eigenvalue weighted by Crippen LogP contribution is 2.42. The summed E-state index contributed by atoms with van der Waals surface area (Å²) >= 11 is 0. The van der Waals surface area contributed by atoms with Crippen LogP contribution in [0.25, 0.3) is 0 Å². The zero-order valence-corrected chi connectivity index (χ0v) is 16.0. The van der Waals surface area contributed by atoms with Gasteiger partial charge in [0.1, 0.15) is 13.3 Å². The normalized spacial score (nSPS) is 20.5. The van der Waals surface area contributed by atoms with Crippen molar-refractivity contribution in [3.05, 3.63) is 69.7 Å². The molecule has 7 nitrogen and oxygen atoms in total. The second kappa shape index (κ2) is 6.58. The first kappa shape index (κ1) is 18.7. The van der Waals surface area contributed by atoms with E-state index in [0.29, 0.717) is 5.56 Å². The third-order valence-corrected chi connectivity index (χ3v) is 6.10. The number of nitrogens with zero attached hydrogens (tertiary/aromatic N) is 3. The van der Waals surface area contributed by atoms with Crippen LogP contribution >= 0.6 is 0 Å². The van der Waals surface area contributed by atoms with Crippen molar-refractivity contribution in [1.82, 2.24) is 9.58 Å². The summed E-state index contributed by atoms with van der Waals surface area (Å²) in [5, 5.41) is 12.1. The molecule has 0 radical (unpaired) electrons. The maximum Gasteiger partial charge on any atom is 0.278 e. The number of carbonyl (C=O) groups excluding carboxylic acids is 1. The summed E-state index contributed by atoms with van der Waals surface area (Å²) in [7, 11) is 0. The maximum absolute atomic E-state index is 14.5. The molecule has 1 N–H and O–H groups in total. The summed E-state index contributed by atoms with van der Waals surface area (Å²) in [6.07, 6.45) is 7.30. The summed E-state index contributed by atoms with van der Waals surface area (Å²) in [4.78, 5) is 27.0. The second-order valence-electron chi connectivity index (χ2n) is 7.78. The lowest BCUT2D eigenvalue weighted by Gasteiger charge is -2.52. The molecule has 2 aromatic rings. The van der Waals surface area contributed by atoms with E-state index in [0.717, 1.165) is 31.4 Å². The van der Waals surface area contributed by atoms with Gasteiger partial charge in [0.2, 0.25) is 11.2 Å². The molecule has 1 aliphatic carbocycles. The van der Waals surface area contributed by atoms with Gasteiger partial charge in [-0.25, -0.2) is 4.39 Å². The number of hydrogen-bond donors (Lipinski definition) is 1. The van der Waals surface area contributed by atoms with Crippen LogP contribution in [-0.2, 0) is 6.54 Å². The van der Waals surface area contributed by atoms with Gasteiger partial charge in [0.25, 0.3) is 5.91 Å². The Bertz CT molecular complexity index is 1140. The van der Waals surface area contributed by atoms with Gasteiger partial charge in [0.15, 0.2) is 23.0 Å². The highest BCUT2D eigenvalue weighted by molar-refractivity contribution is 5.97. The first-order chi connectivity index (χ1) is 14.4. The molecular formula is C21H19F2N3O4. The summed E-state index contributed by atoms with van der Waals surface area (Å²) in [6.45, 7) is 0.242. The number of carbonyl (C=O) groups is 1. The predicted molar refractivity (Wildman–Crippen MR) is 103 cm³/mol. The molecule has 1 aromatic heterocycles. The molecule has 2 aliphatic heterocycles. The van der Waals surface area contributed by atoms with Crippen molar-refractivity contribution < 1.29 is 23.4 Å².